The van der Waals surface area contributed by atoms with Crippen LogP contribution in [0, 0.1) is 0 Å². The van der Waals surface area contributed by atoms with E-state index in [2.05, 4.69) is 549 Å². The van der Waals surface area contributed by atoms with E-state index in [9.17, 15) is 0 Å². The summed E-state index contributed by atoms with van der Waals surface area (Å²) < 4.78 is 22.6. The second-order valence-corrected chi connectivity index (χ2v) is 41.6. The third kappa shape index (κ3) is 13.6. The fraction of sp³-hybridized carbons (Fsp3) is 0. The lowest BCUT2D eigenvalue weighted by Crippen LogP contribution is -1.96. The number of rotatable bonds is 11. The van der Waals surface area contributed by atoms with Gasteiger partial charge in [0, 0.05) is 159 Å². The van der Waals surface area contributed by atoms with Crippen LogP contribution < -0.4 is 0 Å². The highest BCUT2D eigenvalue weighted by Crippen LogP contribution is 2.50. The molecule has 0 N–H and O–H groups in total. The average Bonchev–Trinajstić information content (AvgIpc) is 1.56. The zero-order valence-electron chi connectivity index (χ0n) is 79.6. The molecule has 0 aliphatic carbocycles. The standard InChI is InChI=1S/2C48H30N2S.C42H26N2S/c1-2-12-31(13-3-1)33-14-10-15-35(28-33)50-44-22-8-5-17-38(44)42-29-41-37-16-4-7-21-43(37)49(45(41)30-46(42)50)34-26-24-32(25-27-34)36-19-11-20-40-39-18-6-9-23-47(39)51-48(36)40;1-2-11-31(12-3-1)32-21-25-34(26-22-32)49-43-18-7-4-13-37(43)41-29-42-38-14-5-8-19-44(38)50(46(42)30-45(41)49)35-27-23-33(24-28-35)36-16-10-17-40-39-15-6-9-20-47(39)51-48(36)40;1-2-11-28(12-3-1)43-37-18-7-4-13-31(37)35-25-36-32-14-5-8-19-38(32)44(40(36)26-39(35)43)29-23-21-27(22-24-29)30-16-10-17-34-33-15-6-9-20-41(33)45-42(30)34/h2*1-30H;1-26H. The minimum Gasteiger partial charge on any atom is -0.309 e. The van der Waals surface area contributed by atoms with Gasteiger partial charge in [-0.3, -0.25) is 0 Å². The summed E-state index contributed by atoms with van der Waals surface area (Å²) in [5, 5.41) is 23.2. The summed E-state index contributed by atoms with van der Waals surface area (Å²) in [4.78, 5) is 0. The maximum atomic E-state index is 2.44. The predicted octanol–water partition coefficient (Wildman–Crippen LogP) is 39.1. The molecule has 0 amide bonds. The highest BCUT2D eigenvalue weighted by Gasteiger charge is 2.26. The van der Waals surface area contributed by atoms with Crippen molar-refractivity contribution in [3.8, 4) is 89.8 Å². The van der Waals surface area contributed by atoms with Crippen LogP contribution in [0.25, 0.3) is 281 Å². The van der Waals surface area contributed by atoms with Gasteiger partial charge in [0.05, 0.1) is 66.2 Å². The molecule has 9 heteroatoms. The number of fused-ring (bicyclic) bond motifs is 27. The molecule has 0 saturated heterocycles. The number of benzene rings is 23. The fourth-order valence-electron chi connectivity index (χ4n) is 23.7. The van der Waals surface area contributed by atoms with Crippen LogP contribution in [0.5, 0.6) is 0 Å². The van der Waals surface area contributed by atoms with Crippen LogP contribution in [0.1, 0.15) is 0 Å². The Bertz CT molecular complexity index is 10900. The molecule has 0 saturated carbocycles. The Kier molecular flexibility index (Phi) is 19.6. The fourth-order valence-corrected chi connectivity index (χ4v) is 27.4. The Balaban J connectivity index is 0.000000102. The first kappa shape index (κ1) is 84.2. The number of nitrogens with zero attached hydrogens (tertiary/aromatic N) is 6. The molecule has 23 aromatic carbocycles. The lowest BCUT2D eigenvalue weighted by molar-refractivity contribution is 1.16. The Morgan fingerprint density at radius 2 is 0.313 bits per heavy atom. The molecule has 9 heterocycles. The van der Waals surface area contributed by atoms with E-state index in [1.165, 1.54) is 253 Å². The van der Waals surface area contributed by atoms with Crippen LogP contribution >= 0.6 is 34.0 Å². The zero-order valence-corrected chi connectivity index (χ0v) is 82.0. The lowest BCUT2D eigenvalue weighted by Gasteiger charge is -2.12. The molecular weight excluding hydrogens is 1840 g/mol. The van der Waals surface area contributed by atoms with Crippen molar-refractivity contribution in [3.63, 3.8) is 0 Å². The maximum Gasteiger partial charge on any atom is 0.0562 e. The molecule has 6 nitrogen and oxygen atoms in total. The second-order valence-electron chi connectivity index (χ2n) is 38.4. The summed E-state index contributed by atoms with van der Waals surface area (Å²) in [5.41, 5.74) is 33.9. The van der Waals surface area contributed by atoms with Gasteiger partial charge in [-0.05, 0) is 219 Å². The second kappa shape index (κ2) is 34.1. The van der Waals surface area contributed by atoms with Crippen molar-refractivity contribution in [2.75, 3.05) is 0 Å². The molecule has 0 atom stereocenters. The summed E-state index contributed by atoms with van der Waals surface area (Å²) in [6, 6.07) is 191. The highest BCUT2D eigenvalue weighted by atomic mass is 32.1. The van der Waals surface area contributed by atoms with Crippen LogP contribution in [0.3, 0.4) is 0 Å². The van der Waals surface area contributed by atoms with E-state index in [1.807, 2.05) is 34.0 Å². The minimum atomic E-state index is 1.15. The molecule has 147 heavy (non-hydrogen) atoms. The van der Waals surface area contributed by atoms with E-state index in [-0.39, 0.29) is 0 Å². The van der Waals surface area contributed by atoms with Gasteiger partial charge in [0.1, 0.15) is 0 Å². The molecule has 0 aliphatic rings. The van der Waals surface area contributed by atoms with Crippen LogP contribution in [0.2, 0.25) is 0 Å². The number of aromatic nitrogens is 6. The van der Waals surface area contributed by atoms with Crippen LogP contribution in [0.4, 0.5) is 0 Å². The quantitative estimate of drug-likeness (QED) is 0.124. The molecule has 0 bridgehead atoms. The van der Waals surface area contributed by atoms with Crippen molar-refractivity contribution < 1.29 is 0 Å². The Morgan fingerprint density at radius 3 is 0.612 bits per heavy atom. The van der Waals surface area contributed by atoms with Gasteiger partial charge in [-0.1, -0.05) is 358 Å². The van der Waals surface area contributed by atoms with Gasteiger partial charge in [0.25, 0.3) is 0 Å². The first-order chi connectivity index (χ1) is 72.9. The first-order valence-electron chi connectivity index (χ1n) is 50.2. The smallest absolute Gasteiger partial charge is 0.0562 e. The SMILES string of the molecule is c1ccc(-c2ccc(-n3c4ccccc4c4cc5c6ccccc6n(-c6ccc(-c7cccc8c7sc7ccccc78)cc6)c5cc43)cc2)cc1.c1ccc(-c2cccc(-n3c4ccccc4c4cc5c6ccccc6n(-c6ccc(-c7cccc8c7sc7ccccc78)cc6)c5cc43)c2)cc1.c1ccc(-n2c3ccccc3c3cc4c5ccccc5n(-c5ccc(-c6cccc7c6sc6ccccc67)cc5)c4cc32)cc1. The molecule has 0 fully saturated rings. The normalized spacial score (nSPS) is 11.9. The maximum absolute atomic E-state index is 2.44. The molecule has 686 valence electrons. The minimum absolute atomic E-state index is 1.15. The van der Waals surface area contributed by atoms with Crippen molar-refractivity contribution in [1.29, 1.82) is 0 Å². The van der Waals surface area contributed by atoms with E-state index < -0.39 is 0 Å². The molecular formula is C138H86N6S3. The lowest BCUT2D eigenvalue weighted by atomic mass is 10.0. The summed E-state index contributed by atoms with van der Waals surface area (Å²) >= 11 is 5.65. The first-order valence-corrected chi connectivity index (χ1v) is 52.7. The van der Waals surface area contributed by atoms with E-state index in [0.29, 0.717) is 0 Å². The summed E-state index contributed by atoms with van der Waals surface area (Å²) in [7, 11) is 0. The van der Waals surface area contributed by atoms with Crippen molar-refractivity contribution in [1.82, 2.24) is 27.4 Å². The topological polar surface area (TPSA) is 29.6 Å². The van der Waals surface area contributed by atoms with Gasteiger partial charge in [-0.15, -0.1) is 34.0 Å². The average molecular weight is 1920 g/mol. The third-order valence-corrected chi connectivity index (χ3v) is 34.0. The van der Waals surface area contributed by atoms with E-state index in [4.69, 9.17) is 0 Å². The number of hydrogen-bond donors (Lipinski definition) is 0. The molecule has 32 aromatic rings. The number of thiophene rings is 3. The van der Waals surface area contributed by atoms with E-state index in [0.717, 1.165) is 28.4 Å². The molecule has 9 aromatic heterocycles. The highest BCUT2D eigenvalue weighted by molar-refractivity contribution is 7.27. The van der Waals surface area contributed by atoms with Gasteiger partial charge in [-0.2, -0.15) is 0 Å². The predicted molar refractivity (Wildman–Crippen MR) is 631 cm³/mol. The summed E-state index contributed by atoms with van der Waals surface area (Å²) in [6.45, 7) is 0. The number of hydrogen-bond acceptors (Lipinski definition) is 3. The van der Waals surface area contributed by atoms with Gasteiger partial charge in [-0.25, -0.2) is 0 Å². The van der Waals surface area contributed by atoms with Crippen molar-refractivity contribution >= 4 is 225 Å². The van der Waals surface area contributed by atoms with Crippen molar-refractivity contribution in [2.24, 2.45) is 0 Å². The molecule has 0 unspecified atom stereocenters. The summed E-state index contributed by atoms with van der Waals surface area (Å²) in [6.07, 6.45) is 0. The van der Waals surface area contributed by atoms with Crippen molar-refractivity contribution in [3.05, 3.63) is 522 Å². The number of para-hydroxylation sites is 7. The van der Waals surface area contributed by atoms with Gasteiger partial charge in [0.15, 0.2) is 0 Å². The van der Waals surface area contributed by atoms with Gasteiger partial charge >= 0.3 is 0 Å². The van der Waals surface area contributed by atoms with Gasteiger partial charge in [0.2, 0.25) is 0 Å². The third-order valence-electron chi connectivity index (χ3n) is 30.4. The Morgan fingerprint density at radius 1 is 0.109 bits per heavy atom. The van der Waals surface area contributed by atoms with Crippen LogP contribution in [-0.4, -0.2) is 27.4 Å². The zero-order chi connectivity index (χ0) is 96.4. The Labute approximate surface area is 857 Å². The summed E-state index contributed by atoms with van der Waals surface area (Å²) in [5.74, 6) is 0. The van der Waals surface area contributed by atoms with E-state index in [1.54, 1.807) is 0 Å². The molecule has 0 aliphatic heterocycles. The van der Waals surface area contributed by atoms with E-state index >= 15 is 0 Å². The molecule has 0 spiro atoms. The molecule has 0 radical (unpaired) electrons. The molecule has 32 rings (SSSR count). The van der Waals surface area contributed by atoms with Crippen LogP contribution in [-0.2, 0) is 0 Å². The van der Waals surface area contributed by atoms with Gasteiger partial charge < -0.3 is 27.4 Å². The Hall–Kier alpha value is -18.5. The van der Waals surface area contributed by atoms with Crippen LogP contribution in [0.15, 0.2) is 522 Å². The largest absolute Gasteiger partial charge is 0.309 e. The monoisotopic (exact) mass is 1920 g/mol. The van der Waals surface area contributed by atoms with Crippen molar-refractivity contribution in [2.45, 2.75) is 0 Å².